The van der Waals surface area contributed by atoms with E-state index in [1.165, 1.54) is 0 Å². The summed E-state index contributed by atoms with van der Waals surface area (Å²) in [5, 5.41) is 5.63. The van der Waals surface area contributed by atoms with Gasteiger partial charge in [0.15, 0.2) is 11.5 Å². The molecule has 1 saturated heterocycles. The molecule has 1 aliphatic heterocycles. The summed E-state index contributed by atoms with van der Waals surface area (Å²) in [5.41, 5.74) is 0.373. The molecule has 2 amide bonds. The zero-order valence-electron chi connectivity index (χ0n) is 15.7. The Labute approximate surface area is 154 Å². The Bertz CT molecular complexity index is 605. The van der Waals surface area contributed by atoms with Crippen molar-refractivity contribution in [3.8, 4) is 17.2 Å². The highest BCUT2D eigenvalue weighted by molar-refractivity contribution is 5.98. The van der Waals surface area contributed by atoms with Crippen molar-refractivity contribution in [3.05, 3.63) is 17.7 Å². The Kier molecular flexibility index (Phi) is 7.56. The Morgan fingerprint density at radius 2 is 1.69 bits per heavy atom. The minimum atomic E-state index is -0.525. The molecule has 0 aliphatic carbocycles. The highest BCUT2D eigenvalue weighted by Gasteiger charge is 2.24. The van der Waals surface area contributed by atoms with Gasteiger partial charge < -0.3 is 24.8 Å². The molecule has 0 aromatic heterocycles. The molecule has 0 bridgehead atoms. The van der Waals surface area contributed by atoms with E-state index in [0.717, 1.165) is 12.8 Å². The van der Waals surface area contributed by atoms with Crippen molar-refractivity contribution in [1.29, 1.82) is 0 Å². The number of nitrogens with one attached hydrogen (secondary N) is 2. The van der Waals surface area contributed by atoms with E-state index in [-0.39, 0.29) is 11.8 Å². The molecular weight excluding hydrogens is 336 g/mol. The van der Waals surface area contributed by atoms with Crippen LogP contribution in [0.15, 0.2) is 12.1 Å². The summed E-state index contributed by atoms with van der Waals surface area (Å²) < 4.78 is 16.9. The van der Waals surface area contributed by atoms with Crippen LogP contribution in [0.25, 0.3) is 0 Å². The van der Waals surface area contributed by atoms with Gasteiger partial charge in [0, 0.05) is 12.1 Å². The average Bonchev–Trinajstić information content (AvgIpc) is 2.82. The van der Waals surface area contributed by atoms with Gasteiger partial charge in [-0.05, 0) is 52.2 Å². The fourth-order valence-corrected chi connectivity index (χ4v) is 2.84. The van der Waals surface area contributed by atoms with Crippen molar-refractivity contribution in [2.75, 3.05) is 26.4 Å². The predicted molar refractivity (Wildman–Crippen MR) is 98.1 cm³/mol. The lowest BCUT2D eigenvalue weighted by atomic mass is 10.1. The predicted octanol–water partition coefficient (Wildman–Crippen LogP) is 2.28. The van der Waals surface area contributed by atoms with E-state index in [2.05, 4.69) is 10.6 Å². The summed E-state index contributed by atoms with van der Waals surface area (Å²) in [6, 6.07) is 2.73. The topological polar surface area (TPSA) is 85.9 Å². The number of carbonyl (C=O) groups is 2. The smallest absolute Gasteiger partial charge is 0.252 e. The lowest BCUT2D eigenvalue weighted by Gasteiger charge is -2.19. The van der Waals surface area contributed by atoms with E-state index < -0.39 is 6.04 Å². The average molecular weight is 364 g/mol. The number of ether oxygens (including phenoxy) is 3. The van der Waals surface area contributed by atoms with Crippen molar-refractivity contribution in [3.63, 3.8) is 0 Å². The van der Waals surface area contributed by atoms with E-state index >= 15 is 0 Å². The van der Waals surface area contributed by atoms with Crippen molar-refractivity contribution in [1.82, 2.24) is 10.6 Å². The molecule has 2 N–H and O–H groups in total. The third-order valence-corrected chi connectivity index (χ3v) is 4.01. The maximum absolute atomic E-state index is 12.7. The van der Waals surface area contributed by atoms with Crippen molar-refractivity contribution >= 4 is 11.8 Å². The van der Waals surface area contributed by atoms with E-state index in [1.807, 2.05) is 20.8 Å². The van der Waals surface area contributed by atoms with Crippen molar-refractivity contribution < 1.29 is 23.8 Å². The molecule has 1 aromatic carbocycles. The second kappa shape index (κ2) is 9.89. The summed E-state index contributed by atoms with van der Waals surface area (Å²) in [6.07, 6.45) is 2.44. The zero-order chi connectivity index (χ0) is 18.9. The summed E-state index contributed by atoms with van der Waals surface area (Å²) in [6.45, 7) is 7.56. The fraction of sp³-hybridized carbons (Fsp3) is 0.579. The zero-order valence-corrected chi connectivity index (χ0v) is 15.7. The molecule has 1 heterocycles. The van der Waals surface area contributed by atoms with Gasteiger partial charge in [-0.3, -0.25) is 9.59 Å². The van der Waals surface area contributed by atoms with E-state index in [4.69, 9.17) is 14.2 Å². The number of rotatable bonds is 8. The molecule has 7 heteroatoms. The van der Waals surface area contributed by atoms with Crippen LogP contribution in [0, 0.1) is 0 Å². The summed E-state index contributed by atoms with van der Waals surface area (Å²) in [5.74, 6) is 0.917. The van der Waals surface area contributed by atoms with Crippen LogP contribution < -0.4 is 24.8 Å². The minimum absolute atomic E-state index is 0.142. The second-order valence-corrected chi connectivity index (χ2v) is 5.91. The normalized spacial score (nSPS) is 17.0. The van der Waals surface area contributed by atoms with Gasteiger partial charge in [0.25, 0.3) is 5.91 Å². The number of benzene rings is 1. The molecule has 1 aliphatic rings. The molecular formula is C19H28N2O5. The lowest BCUT2D eigenvalue weighted by molar-refractivity contribution is -0.122. The Balaban J connectivity index is 2.28. The molecule has 1 fully saturated rings. The highest BCUT2D eigenvalue weighted by Crippen LogP contribution is 2.39. The maximum atomic E-state index is 12.7. The first-order valence-electron chi connectivity index (χ1n) is 9.25. The molecule has 0 spiro atoms. The van der Waals surface area contributed by atoms with Crippen LogP contribution in [-0.2, 0) is 4.79 Å². The monoisotopic (exact) mass is 364 g/mol. The van der Waals surface area contributed by atoms with Crippen molar-refractivity contribution in [2.24, 2.45) is 0 Å². The first-order chi connectivity index (χ1) is 12.6. The number of hydrogen-bond donors (Lipinski definition) is 2. The van der Waals surface area contributed by atoms with Crippen LogP contribution in [0.1, 0.15) is 50.4 Å². The van der Waals surface area contributed by atoms with E-state index in [0.29, 0.717) is 55.6 Å². The van der Waals surface area contributed by atoms with Gasteiger partial charge in [-0.15, -0.1) is 0 Å². The summed E-state index contributed by atoms with van der Waals surface area (Å²) >= 11 is 0. The highest BCUT2D eigenvalue weighted by atomic mass is 16.5. The number of hydrogen-bond acceptors (Lipinski definition) is 5. The standard InChI is InChI=1S/C19H28N2O5/c1-4-24-15-11-13(12-16(25-5-2)17(15)26-6-3)18(22)21-14-9-7-8-10-20-19(14)23/h11-12,14H,4-10H2,1-3H3,(H,20,23)(H,21,22). The first kappa shape index (κ1) is 19.9. The van der Waals surface area contributed by atoms with Crippen LogP contribution in [0.3, 0.4) is 0 Å². The molecule has 7 nitrogen and oxygen atoms in total. The van der Waals surface area contributed by atoms with Gasteiger partial charge in [0.1, 0.15) is 6.04 Å². The number of amides is 2. The molecule has 26 heavy (non-hydrogen) atoms. The number of carbonyl (C=O) groups excluding carboxylic acids is 2. The third-order valence-electron chi connectivity index (χ3n) is 4.01. The van der Waals surface area contributed by atoms with E-state index in [9.17, 15) is 9.59 Å². The Morgan fingerprint density at radius 3 is 2.27 bits per heavy atom. The maximum Gasteiger partial charge on any atom is 0.252 e. The minimum Gasteiger partial charge on any atom is -0.490 e. The van der Waals surface area contributed by atoms with Gasteiger partial charge in [0.05, 0.1) is 19.8 Å². The first-order valence-corrected chi connectivity index (χ1v) is 9.25. The molecule has 0 radical (unpaired) electrons. The summed E-state index contributed by atoms with van der Waals surface area (Å²) in [4.78, 5) is 24.8. The van der Waals surface area contributed by atoms with Crippen LogP contribution in [-0.4, -0.2) is 44.2 Å². The van der Waals surface area contributed by atoms with Gasteiger partial charge >= 0.3 is 0 Å². The molecule has 0 saturated carbocycles. The Morgan fingerprint density at radius 1 is 1.08 bits per heavy atom. The van der Waals surface area contributed by atoms with Gasteiger partial charge in [0.2, 0.25) is 11.7 Å². The molecule has 2 rings (SSSR count). The van der Waals surface area contributed by atoms with E-state index in [1.54, 1.807) is 12.1 Å². The van der Waals surface area contributed by atoms with Gasteiger partial charge in [-0.1, -0.05) is 0 Å². The fourth-order valence-electron chi connectivity index (χ4n) is 2.84. The molecule has 1 aromatic rings. The molecule has 1 unspecified atom stereocenters. The Hall–Kier alpha value is -2.44. The van der Waals surface area contributed by atoms with Crippen molar-refractivity contribution in [2.45, 2.75) is 46.1 Å². The van der Waals surface area contributed by atoms with Gasteiger partial charge in [-0.2, -0.15) is 0 Å². The van der Waals surface area contributed by atoms with Crippen LogP contribution in [0.5, 0.6) is 17.2 Å². The van der Waals surface area contributed by atoms with Crippen LogP contribution in [0.2, 0.25) is 0 Å². The largest absolute Gasteiger partial charge is 0.490 e. The quantitative estimate of drug-likeness (QED) is 0.739. The SMILES string of the molecule is CCOc1cc(C(=O)NC2CCCCNC2=O)cc(OCC)c1OCC. The van der Waals surface area contributed by atoms with Crippen LogP contribution >= 0.6 is 0 Å². The molecule has 1 atom stereocenters. The van der Waals surface area contributed by atoms with Crippen LogP contribution in [0.4, 0.5) is 0 Å². The molecule has 144 valence electrons. The third kappa shape index (κ3) is 5.03. The summed E-state index contributed by atoms with van der Waals surface area (Å²) in [7, 11) is 0. The van der Waals surface area contributed by atoms with Gasteiger partial charge in [-0.25, -0.2) is 0 Å². The lowest BCUT2D eigenvalue weighted by Crippen LogP contribution is -2.45. The second-order valence-electron chi connectivity index (χ2n) is 5.91.